The maximum Gasteiger partial charge on any atom is 0.226 e. The Morgan fingerprint density at radius 2 is 2.12 bits per heavy atom. The molecule has 2 aromatic rings. The Balaban J connectivity index is 1.29. The van der Waals surface area contributed by atoms with E-state index >= 15 is 0 Å². The third kappa shape index (κ3) is 3.55. The molecule has 2 aliphatic rings. The highest BCUT2D eigenvalue weighted by atomic mass is 32.1. The quantitative estimate of drug-likeness (QED) is 0.806. The summed E-state index contributed by atoms with van der Waals surface area (Å²) in [6.45, 7) is 6.07. The number of thiazole rings is 1. The monoisotopic (exact) mass is 369 g/mol. The van der Waals surface area contributed by atoms with Crippen molar-refractivity contribution in [3.05, 3.63) is 52.0 Å². The van der Waals surface area contributed by atoms with Crippen LogP contribution in [0.4, 0.5) is 0 Å². The molecule has 1 aromatic carbocycles. The van der Waals surface area contributed by atoms with Crippen molar-refractivity contribution >= 4 is 17.2 Å². The van der Waals surface area contributed by atoms with Crippen molar-refractivity contribution in [2.75, 3.05) is 20.1 Å². The van der Waals surface area contributed by atoms with Gasteiger partial charge in [-0.05, 0) is 55.8 Å². The first-order valence-electron chi connectivity index (χ1n) is 9.46. The van der Waals surface area contributed by atoms with Crippen LogP contribution in [-0.2, 0) is 17.9 Å². The number of carbonyl (C=O) groups excluding carboxylic acids is 1. The lowest BCUT2D eigenvalue weighted by Gasteiger charge is -2.33. The van der Waals surface area contributed by atoms with E-state index < -0.39 is 0 Å². The van der Waals surface area contributed by atoms with Crippen LogP contribution < -0.4 is 0 Å². The first kappa shape index (κ1) is 17.7. The summed E-state index contributed by atoms with van der Waals surface area (Å²) in [4.78, 5) is 21.5. The highest BCUT2D eigenvalue weighted by Crippen LogP contribution is 2.60. The molecule has 0 N–H and O–H groups in total. The van der Waals surface area contributed by atoms with Gasteiger partial charge in [-0.3, -0.25) is 9.69 Å². The van der Waals surface area contributed by atoms with Gasteiger partial charge in [0.2, 0.25) is 5.91 Å². The van der Waals surface area contributed by atoms with E-state index in [0.29, 0.717) is 12.5 Å². The average molecular weight is 370 g/mol. The lowest BCUT2D eigenvalue weighted by Crippen LogP contribution is -2.37. The SMILES string of the molecule is Cc1ccccc1CN1CCC2(CC1)CC2C(=O)N(C)Cc1cscn1. The number of hydrogen-bond donors (Lipinski definition) is 0. The van der Waals surface area contributed by atoms with E-state index in [4.69, 9.17) is 0 Å². The summed E-state index contributed by atoms with van der Waals surface area (Å²) < 4.78 is 0. The summed E-state index contributed by atoms with van der Waals surface area (Å²) in [6.07, 6.45) is 3.38. The number of amides is 1. The predicted octanol–water partition coefficient (Wildman–Crippen LogP) is 3.71. The fraction of sp³-hybridized carbons (Fsp3) is 0.524. The van der Waals surface area contributed by atoms with Crippen molar-refractivity contribution in [1.29, 1.82) is 0 Å². The largest absolute Gasteiger partial charge is 0.340 e. The molecule has 26 heavy (non-hydrogen) atoms. The molecule has 1 saturated carbocycles. The van der Waals surface area contributed by atoms with Crippen molar-refractivity contribution in [1.82, 2.24) is 14.8 Å². The van der Waals surface area contributed by atoms with E-state index in [1.165, 1.54) is 11.1 Å². The van der Waals surface area contributed by atoms with Crippen molar-refractivity contribution in [3.8, 4) is 0 Å². The van der Waals surface area contributed by atoms with E-state index in [0.717, 1.165) is 44.6 Å². The molecular weight excluding hydrogens is 342 g/mol. The second-order valence-electron chi connectivity index (χ2n) is 8.00. The number of nitrogens with zero attached hydrogens (tertiary/aromatic N) is 3. The highest BCUT2D eigenvalue weighted by Gasteiger charge is 2.58. The van der Waals surface area contributed by atoms with Gasteiger partial charge in [0.05, 0.1) is 17.7 Å². The van der Waals surface area contributed by atoms with Gasteiger partial charge in [-0.2, -0.15) is 0 Å². The number of carbonyl (C=O) groups is 1. The summed E-state index contributed by atoms with van der Waals surface area (Å²) in [5, 5.41) is 2.02. The fourth-order valence-corrected chi connectivity index (χ4v) is 4.89. The van der Waals surface area contributed by atoms with Crippen LogP contribution in [-0.4, -0.2) is 40.8 Å². The van der Waals surface area contributed by atoms with Crippen LogP contribution >= 0.6 is 11.3 Å². The Kier molecular flexibility index (Phi) is 4.84. The number of aryl methyl sites for hydroxylation is 1. The molecule has 1 aliphatic heterocycles. The van der Waals surface area contributed by atoms with E-state index in [2.05, 4.69) is 41.1 Å². The lowest BCUT2D eigenvalue weighted by atomic mass is 9.90. The number of piperidine rings is 1. The molecule has 0 bridgehead atoms. The summed E-state index contributed by atoms with van der Waals surface area (Å²) in [6, 6.07) is 8.65. The average Bonchev–Trinajstić information content (AvgIpc) is 3.08. The zero-order valence-electron chi connectivity index (χ0n) is 15.6. The molecule has 1 atom stereocenters. The Bertz CT molecular complexity index is 765. The Labute approximate surface area is 159 Å². The van der Waals surface area contributed by atoms with Crippen LogP contribution in [0, 0.1) is 18.3 Å². The van der Waals surface area contributed by atoms with Gasteiger partial charge in [0.15, 0.2) is 0 Å². The molecule has 1 unspecified atom stereocenters. The van der Waals surface area contributed by atoms with E-state index in [-0.39, 0.29) is 11.3 Å². The second kappa shape index (κ2) is 7.12. The summed E-state index contributed by atoms with van der Waals surface area (Å²) >= 11 is 1.59. The third-order valence-corrected chi connectivity index (χ3v) is 6.89. The van der Waals surface area contributed by atoms with Gasteiger partial charge in [0.25, 0.3) is 0 Å². The van der Waals surface area contributed by atoms with Gasteiger partial charge >= 0.3 is 0 Å². The van der Waals surface area contributed by atoms with Gasteiger partial charge in [-0.1, -0.05) is 24.3 Å². The second-order valence-corrected chi connectivity index (χ2v) is 8.71. The summed E-state index contributed by atoms with van der Waals surface area (Å²) in [5.41, 5.74) is 5.89. The molecule has 1 aliphatic carbocycles. The summed E-state index contributed by atoms with van der Waals surface area (Å²) in [5.74, 6) is 0.539. The Morgan fingerprint density at radius 3 is 2.81 bits per heavy atom. The van der Waals surface area contributed by atoms with E-state index in [1.54, 1.807) is 11.3 Å². The molecule has 0 radical (unpaired) electrons. The minimum Gasteiger partial charge on any atom is -0.340 e. The molecule has 1 aromatic heterocycles. The zero-order valence-corrected chi connectivity index (χ0v) is 16.5. The Morgan fingerprint density at radius 1 is 1.35 bits per heavy atom. The van der Waals surface area contributed by atoms with Gasteiger partial charge in [-0.15, -0.1) is 11.3 Å². The minimum absolute atomic E-state index is 0.228. The molecule has 1 saturated heterocycles. The smallest absolute Gasteiger partial charge is 0.226 e. The lowest BCUT2D eigenvalue weighted by molar-refractivity contribution is -0.133. The van der Waals surface area contributed by atoms with Crippen LogP contribution in [0.1, 0.15) is 36.1 Å². The van der Waals surface area contributed by atoms with Crippen LogP contribution in [0.5, 0.6) is 0 Å². The maximum atomic E-state index is 12.8. The molecule has 4 nitrogen and oxygen atoms in total. The highest BCUT2D eigenvalue weighted by molar-refractivity contribution is 7.07. The molecule has 138 valence electrons. The van der Waals surface area contributed by atoms with E-state index in [1.807, 2.05) is 22.8 Å². The molecule has 1 amide bonds. The van der Waals surface area contributed by atoms with Gasteiger partial charge in [0.1, 0.15) is 0 Å². The van der Waals surface area contributed by atoms with Crippen molar-refractivity contribution in [2.45, 2.75) is 39.3 Å². The van der Waals surface area contributed by atoms with Crippen LogP contribution in [0.2, 0.25) is 0 Å². The normalized spacial score (nSPS) is 21.7. The maximum absolute atomic E-state index is 12.8. The van der Waals surface area contributed by atoms with Gasteiger partial charge in [0, 0.05) is 24.9 Å². The number of rotatable bonds is 5. The third-order valence-electron chi connectivity index (χ3n) is 6.25. The zero-order chi connectivity index (χ0) is 18.1. The molecule has 1 spiro atoms. The van der Waals surface area contributed by atoms with E-state index in [9.17, 15) is 4.79 Å². The van der Waals surface area contributed by atoms with Crippen LogP contribution in [0.25, 0.3) is 0 Å². The summed E-state index contributed by atoms with van der Waals surface area (Å²) in [7, 11) is 1.92. The van der Waals surface area contributed by atoms with Crippen LogP contribution in [0.3, 0.4) is 0 Å². The molecule has 2 fully saturated rings. The van der Waals surface area contributed by atoms with Gasteiger partial charge in [-0.25, -0.2) is 4.98 Å². The molecule has 5 heteroatoms. The first-order chi connectivity index (χ1) is 12.6. The number of likely N-dealkylation sites (tertiary alicyclic amines) is 1. The molecular formula is C21H27N3OS. The molecule has 4 rings (SSSR count). The fourth-order valence-electron chi connectivity index (χ4n) is 4.34. The molecule has 2 heterocycles. The Hall–Kier alpha value is -1.72. The standard InChI is InChI=1S/C21H27N3OS/c1-16-5-3-4-6-17(16)12-24-9-7-21(8-10-24)11-19(21)20(25)23(2)13-18-14-26-15-22-18/h3-6,14-15,19H,7-13H2,1-2H3. The van der Waals surface area contributed by atoms with Crippen molar-refractivity contribution < 1.29 is 4.79 Å². The number of hydrogen-bond acceptors (Lipinski definition) is 4. The van der Waals surface area contributed by atoms with Crippen molar-refractivity contribution in [3.63, 3.8) is 0 Å². The first-order valence-corrected chi connectivity index (χ1v) is 10.4. The number of benzene rings is 1. The number of aromatic nitrogens is 1. The van der Waals surface area contributed by atoms with Crippen LogP contribution in [0.15, 0.2) is 35.2 Å². The topological polar surface area (TPSA) is 36.4 Å². The predicted molar refractivity (Wildman–Crippen MR) is 105 cm³/mol. The minimum atomic E-state index is 0.228. The van der Waals surface area contributed by atoms with Gasteiger partial charge < -0.3 is 4.90 Å². The van der Waals surface area contributed by atoms with Crippen molar-refractivity contribution in [2.24, 2.45) is 11.3 Å².